The highest BCUT2D eigenvalue weighted by Gasteiger charge is 2.21. The largest absolute Gasteiger partial charge is 0.454 e. The third kappa shape index (κ3) is 5.20. The molecule has 32 heavy (non-hydrogen) atoms. The van der Waals surface area contributed by atoms with Gasteiger partial charge in [-0.25, -0.2) is 13.6 Å². The van der Waals surface area contributed by atoms with E-state index < -0.39 is 29.1 Å². The number of hydrogen-bond acceptors (Lipinski definition) is 3. The zero-order valence-corrected chi connectivity index (χ0v) is 19.8. The maximum Gasteiger partial charge on any atom is 0.326 e. The van der Waals surface area contributed by atoms with Crippen molar-refractivity contribution < 1.29 is 23.1 Å². The number of carbonyl (C=O) groups excluding carboxylic acids is 2. The number of hydrogen-bond donors (Lipinski definition) is 2. The Kier molecular flexibility index (Phi) is 7.38. The molecule has 0 fully saturated rings. The fourth-order valence-electron chi connectivity index (χ4n) is 2.81. The van der Waals surface area contributed by atoms with Crippen LogP contribution in [0, 0.1) is 25.5 Å². The van der Waals surface area contributed by atoms with E-state index in [0.717, 1.165) is 18.2 Å². The lowest BCUT2D eigenvalue weighted by molar-refractivity contribution is 0.0959. The minimum Gasteiger partial charge on any atom is -0.454 e. The Balaban J connectivity index is 1.80. The number of aryl methyl sites for hydroxylation is 1. The van der Waals surface area contributed by atoms with E-state index >= 15 is 0 Å². The van der Waals surface area contributed by atoms with Gasteiger partial charge in [-0.05, 0) is 77.3 Å². The van der Waals surface area contributed by atoms with Crippen LogP contribution in [0.5, 0.6) is 11.5 Å². The van der Waals surface area contributed by atoms with Crippen LogP contribution in [-0.4, -0.2) is 11.9 Å². The molecule has 0 aromatic heterocycles. The second-order valence-electron chi connectivity index (χ2n) is 6.69. The van der Waals surface area contributed by atoms with E-state index in [2.05, 4.69) is 21.2 Å². The van der Waals surface area contributed by atoms with E-state index in [9.17, 15) is 18.4 Å². The summed E-state index contributed by atoms with van der Waals surface area (Å²) in [5, 5.41) is 5.11. The Labute approximate surface area is 200 Å². The fraction of sp³-hybridized carbons (Fsp3) is 0.0909. The Hall–Kier alpha value is -2.68. The zero-order valence-electron chi connectivity index (χ0n) is 16.7. The van der Waals surface area contributed by atoms with Gasteiger partial charge in [-0.3, -0.25) is 10.1 Å². The van der Waals surface area contributed by atoms with Crippen molar-refractivity contribution in [3.05, 3.63) is 85.3 Å². The van der Waals surface area contributed by atoms with Crippen molar-refractivity contribution in [2.45, 2.75) is 13.8 Å². The summed E-state index contributed by atoms with van der Waals surface area (Å²) in [6, 6.07) is 8.56. The number of ether oxygens (including phenoxy) is 1. The summed E-state index contributed by atoms with van der Waals surface area (Å²) in [6.07, 6.45) is 0. The molecule has 0 aliphatic rings. The molecule has 0 heterocycles. The first-order valence-corrected chi connectivity index (χ1v) is 10.6. The first-order chi connectivity index (χ1) is 15.1. The minimum atomic E-state index is -1.22. The number of urea groups is 1. The molecular formula is C22H15BrCl2F2N2O3. The molecule has 3 rings (SSSR count). The molecule has 0 bridgehead atoms. The minimum absolute atomic E-state index is 0.230. The molecule has 0 unspecified atom stereocenters. The third-order valence-corrected chi connectivity index (χ3v) is 5.73. The van der Waals surface area contributed by atoms with Crippen LogP contribution in [0.3, 0.4) is 0 Å². The number of imide groups is 1. The molecule has 0 saturated carbocycles. The van der Waals surface area contributed by atoms with Gasteiger partial charge < -0.3 is 10.1 Å². The molecule has 0 aliphatic heterocycles. The lowest BCUT2D eigenvalue weighted by atomic mass is 10.1. The van der Waals surface area contributed by atoms with Gasteiger partial charge >= 0.3 is 6.03 Å². The molecule has 0 aliphatic carbocycles. The molecule has 0 radical (unpaired) electrons. The topological polar surface area (TPSA) is 67.4 Å². The lowest BCUT2D eigenvalue weighted by Gasteiger charge is -2.17. The van der Waals surface area contributed by atoms with Crippen molar-refractivity contribution >= 4 is 56.8 Å². The summed E-state index contributed by atoms with van der Waals surface area (Å²) in [7, 11) is 0. The summed E-state index contributed by atoms with van der Waals surface area (Å²) in [4.78, 5) is 24.4. The highest BCUT2D eigenvalue weighted by atomic mass is 79.9. The Morgan fingerprint density at radius 3 is 2.31 bits per heavy atom. The molecule has 0 spiro atoms. The van der Waals surface area contributed by atoms with Crippen LogP contribution in [0.25, 0.3) is 0 Å². The lowest BCUT2D eigenvalue weighted by Crippen LogP contribution is -2.35. The van der Waals surface area contributed by atoms with E-state index in [1.54, 1.807) is 38.1 Å². The van der Waals surface area contributed by atoms with E-state index in [4.69, 9.17) is 27.9 Å². The van der Waals surface area contributed by atoms with Gasteiger partial charge in [0.1, 0.15) is 28.7 Å². The van der Waals surface area contributed by atoms with Crippen molar-refractivity contribution in [3.63, 3.8) is 0 Å². The van der Waals surface area contributed by atoms with Crippen LogP contribution in [0.15, 0.2) is 46.9 Å². The average molecular weight is 544 g/mol. The number of anilines is 1. The second-order valence-corrected chi connectivity index (χ2v) is 8.36. The van der Waals surface area contributed by atoms with Crippen LogP contribution in [-0.2, 0) is 0 Å². The summed E-state index contributed by atoms with van der Waals surface area (Å²) in [5.41, 5.74) is 0.474. The zero-order chi connectivity index (χ0) is 23.6. The van der Waals surface area contributed by atoms with Crippen molar-refractivity contribution in [1.82, 2.24) is 5.32 Å². The SMILES string of the molecule is Cc1cc(NC(=O)NC(=O)c2c(F)cccc2F)c(C)c(Cl)c1Oc1ccc(Cl)cc1Br. The highest BCUT2D eigenvalue weighted by Crippen LogP contribution is 2.41. The molecule has 2 N–H and O–H groups in total. The van der Waals surface area contributed by atoms with Crippen LogP contribution < -0.4 is 15.4 Å². The summed E-state index contributed by atoms with van der Waals surface area (Å²) in [5.74, 6) is -2.54. The Morgan fingerprint density at radius 2 is 1.69 bits per heavy atom. The number of rotatable bonds is 4. The van der Waals surface area contributed by atoms with Gasteiger partial charge in [0, 0.05) is 10.7 Å². The summed E-state index contributed by atoms with van der Waals surface area (Å²) >= 11 is 15.8. The first-order valence-electron chi connectivity index (χ1n) is 9.07. The number of halogens is 5. The smallest absolute Gasteiger partial charge is 0.326 e. The van der Waals surface area contributed by atoms with Crippen LogP contribution >= 0.6 is 39.1 Å². The molecular weight excluding hydrogens is 529 g/mol. The summed E-state index contributed by atoms with van der Waals surface area (Å²) < 4.78 is 34.0. The maximum absolute atomic E-state index is 13.7. The summed E-state index contributed by atoms with van der Waals surface area (Å²) in [6.45, 7) is 3.35. The van der Waals surface area contributed by atoms with Gasteiger partial charge in [-0.15, -0.1) is 0 Å². The van der Waals surface area contributed by atoms with Crippen molar-refractivity contribution in [2.75, 3.05) is 5.32 Å². The first kappa shape index (κ1) is 24.0. The Bertz CT molecular complexity index is 1220. The molecule has 0 saturated heterocycles. The molecule has 0 atom stereocenters. The van der Waals surface area contributed by atoms with Crippen LogP contribution in [0.4, 0.5) is 19.3 Å². The predicted octanol–water partition coefficient (Wildman–Crippen LogP) is 7.41. The van der Waals surface area contributed by atoms with E-state index in [1.165, 1.54) is 0 Å². The average Bonchev–Trinajstić information content (AvgIpc) is 2.70. The normalized spacial score (nSPS) is 10.6. The Morgan fingerprint density at radius 1 is 1.03 bits per heavy atom. The van der Waals surface area contributed by atoms with Gasteiger partial charge in [0.15, 0.2) is 0 Å². The molecule has 3 aromatic carbocycles. The highest BCUT2D eigenvalue weighted by molar-refractivity contribution is 9.10. The predicted molar refractivity (Wildman–Crippen MR) is 123 cm³/mol. The standard InChI is InChI=1S/C22H15BrCl2F2N2O3/c1-10-8-16(28-22(31)29-21(30)18-14(26)4-3-5-15(18)27)11(2)19(25)20(10)32-17-7-6-12(24)9-13(17)23/h3-9H,1-2H3,(H2,28,29,30,31). The van der Waals surface area contributed by atoms with Crippen molar-refractivity contribution in [1.29, 1.82) is 0 Å². The number of benzene rings is 3. The van der Waals surface area contributed by atoms with Gasteiger partial charge in [0.2, 0.25) is 0 Å². The number of amides is 3. The van der Waals surface area contributed by atoms with Crippen molar-refractivity contribution in [2.24, 2.45) is 0 Å². The third-order valence-electron chi connectivity index (χ3n) is 4.42. The molecule has 166 valence electrons. The van der Waals surface area contributed by atoms with E-state index in [1.807, 2.05) is 5.32 Å². The molecule has 3 aromatic rings. The quantitative estimate of drug-likeness (QED) is 0.360. The van der Waals surface area contributed by atoms with Gasteiger partial charge in [-0.1, -0.05) is 29.3 Å². The molecule has 10 heteroatoms. The molecule has 5 nitrogen and oxygen atoms in total. The molecule has 3 amide bonds. The fourth-order valence-corrected chi connectivity index (χ4v) is 3.86. The maximum atomic E-state index is 13.7. The van der Waals surface area contributed by atoms with Gasteiger partial charge in [0.25, 0.3) is 5.91 Å². The van der Waals surface area contributed by atoms with E-state index in [-0.39, 0.29) is 10.7 Å². The monoisotopic (exact) mass is 542 g/mol. The second kappa shape index (κ2) is 9.85. The van der Waals surface area contributed by atoms with Crippen LogP contribution in [0.2, 0.25) is 10.0 Å². The van der Waals surface area contributed by atoms with Gasteiger partial charge in [-0.2, -0.15) is 0 Å². The number of carbonyl (C=O) groups is 2. The van der Waals surface area contributed by atoms with E-state index in [0.29, 0.717) is 32.1 Å². The van der Waals surface area contributed by atoms with Crippen molar-refractivity contribution in [3.8, 4) is 11.5 Å². The van der Waals surface area contributed by atoms with Gasteiger partial charge in [0.05, 0.1) is 9.50 Å². The van der Waals surface area contributed by atoms with Crippen LogP contribution in [0.1, 0.15) is 21.5 Å². The number of nitrogens with one attached hydrogen (secondary N) is 2.